The first-order valence-electron chi connectivity index (χ1n) is 7.94. The number of nitrogens with one attached hydrogen (secondary N) is 2. The number of urea groups is 1. The second-order valence-electron chi connectivity index (χ2n) is 5.27. The first kappa shape index (κ1) is 19.8. The summed E-state index contributed by atoms with van der Waals surface area (Å²) in [7, 11) is 0. The van der Waals surface area contributed by atoms with Gasteiger partial charge in [-0.05, 0) is 6.07 Å². The third-order valence-corrected chi connectivity index (χ3v) is 3.37. The monoisotopic (exact) mass is 374 g/mol. The first-order valence-corrected chi connectivity index (χ1v) is 7.94. The second-order valence-corrected chi connectivity index (χ2v) is 5.27. The summed E-state index contributed by atoms with van der Waals surface area (Å²) in [6.07, 6.45) is 1.43. The van der Waals surface area contributed by atoms with Crippen LogP contribution < -0.4 is 16.2 Å². The molecule has 0 aliphatic rings. The number of aliphatic hydroxyl groups excluding tert-OH is 1. The summed E-state index contributed by atoms with van der Waals surface area (Å²) in [5, 5.41) is 17.8. The zero-order chi connectivity index (χ0) is 19.8. The summed E-state index contributed by atoms with van der Waals surface area (Å²) in [6, 6.07) is 5.52. The lowest BCUT2D eigenvalue weighted by Crippen LogP contribution is -2.41. The fourth-order valence-electron chi connectivity index (χ4n) is 2.20. The quantitative estimate of drug-likeness (QED) is 0.441. The Morgan fingerprint density at radius 2 is 1.96 bits per heavy atom. The van der Waals surface area contributed by atoms with E-state index in [1.165, 1.54) is 18.2 Å². The van der Waals surface area contributed by atoms with Gasteiger partial charge in [0.25, 0.3) is 11.5 Å². The van der Waals surface area contributed by atoms with Crippen molar-refractivity contribution in [1.29, 1.82) is 0 Å². The molecule has 1 heterocycles. The van der Waals surface area contributed by atoms with Gasteiger partial charge in [-0.3, -0.25) is 14.9 Å². The molecule has 3 N–H and O–H groups in total. The molecule has 2 rings (SSSR count). The number of rotatable bonds is 7. The number of esters is 1. The van der Waals surface area contributed by atoms with Crippen LogP contribution in [0.2, 0.25) is 0 Å². The lowest BCUT2D eigenvalue weighted by Gasteiger charge is -2.10. The molecule has 0 bridgehead atoms. The fraction of sp³-hybridized carbons (Fsp3) is 0.235. The third-order valence-electron chi connectivity index (χ3n) is 3.37. The second kappa shape index (κ2) is 9.25. The molecule has 1 aromatic heterocycles. The van der Waals surface area contributed by atoms with E-state index >= 15 is 0 Å². The summed E-state index contributed by atoms with van der Waals surface area (Å²) in [5.41, 5.74) is -0.643. The number of ether oxygens (including phenoxy) is 1. The third kappa shape index (κ3) is 4.98. The molecule has 0 saturated carbocycles. The van der Waals surface area contributed by atoms with Gasteiger partial charge in [0, 0.05) is 11.9 Å². The Balaban J connectivity index is 2.16. The topological polar surface area (TPSA) is 140 Å². The molecule has 0 fully saturated rings. The number of aliphatic hydroxyl groups is 1. The number of amides is 3. The highest BCUT2D eigenvalue weighted by molar-refractivity contribution is 6.03. The van der Waals surface area contributed by atoms with Gasteiger partial charge < -0.3 is 15.2 Å². The number of nitrogens with zero attached hydrogens (tertiary/aromatic N) is 2. The van der Waals surface area contributed by atoms with Gasteiger partial charge in [0.1, 0.15) is 0 Å². The predicted octanol–water partition coefficient (Wildman–Crippen LogP) is -0.443. The van der Waals surface area contributed by atoms with Crippen LogP contribution in [0.25, 0.3) is 10.8 Å². The minimum absolute atomic E-state index is 0.103. The average Bonchev–Trinajstić information content (AvgIpc) is 2.66. The van der Waals surface area contributed by atoms with Gasteiger partial charge >= 0.3 is 12.0 Å². The van der Waals surface area contributed by atoms with Gasteiger partial charge in [-0.1, -0.05) is 24.3 Å². The van der Waals surface area contributed by atoms with Crippen molar-refractivity contribution in [2.75, 3.05) is 19.8 Å². The molecule has 0 radical (unpaired) electrons. The molecule has 0 atom stereocenters. The molecule has 0 aliphatic carbocycles. The molecule has 3 amide bonds. The average molecular weight is 374 g/mol. The molecule has 2 aromatic rings. The fourth-order valence-corrected chi connectivity index (χ4v) is 2.20. The van der Waals surface area contributed by atoms with Gasteiger partial charge in [-0.2, -0.15) is 5.10 Å². The Hall–Kier alpha value is -3.53. The highest BCUT2D eigenvalue weighted by Gasteiger charge is 2.19. The van der Waals surface area contributed by atoms with Crippen LogP contribution in [0.5, 0.6) is 0 Å². The van der Waals surface area contributed by atoms with Crippen molar-refractivity contribution in [2.45, 2.75) is 6.54 Å². The summed E-state index contributed by atoms with van der Waals surface area (Å²) in [4.78, 5) is 47.6. The van der Waals surface area contributed by atoms with E-state index in [0.29, 0.717) is 0 Å². The van der Waals surface area contributed by atoms with E-state index in [4.69, 9.17) is 9.84 Å². The van der Waals surface area contributed by atoms with Crippen molar-refractivity contribution >= 4 is 28.7 Å². The van der Waals surface area contributed by atoms with Crippen LogP contribution in [0.15, 0.2) is 41.7 Å². The van der Waals surface area contributed by atoms with E-state index in [0.717, 1.165) is 4.68 Å². The smallest absolute Gasteiger partial charge is 0.359 e. The highest BCUT2D eigenvalue weighted by atomic mass is 16.5. The Labute approximate surface area is 153 Å². The van der Waals surface area contributed by atoms with E-state index in [-0.39, 0.29) is 36.2 Å². The molecule has 0 saturated heterocycles. The molecule has 142 valence electrons. The molecule has 0 aliphatic heterocycles. The molecule has 0 unspecified atom stereocenters. The number of imide groups is 1. The highest BCUT2D eigenvalue weighted by Crippen LogP contribution is 2.14. The van der Waals surface area contributed by atoms with Gasteiger partial charge in [0.2, 0.25) is 0 Å². The van der Waals surface area contributed by atoms with Crippen LogP contribution in [-0.4, -0.2) is 52.6 Å². The van der Waals surface area contributed by atoms with E-state index < -0.39 is 30.1 Å². The number of aromatic nitrogens is 2. The Bertz CT molecular complexity index is 937. The maximum atomic E-state index is 12.3. The van der Waals surface area contributed by atoms with Crippen molar-refractivity contribution in [3.8, 4) is 0 Å². The molecule has 0 spiro atoms. The molecule has 10 heteroatoms. The van der Waals surface area contributed by atoms with Gasteiger partial charge in [0.05, 0.1) is 18.5 Å². The first-order chi connectivity index (χ1) is 13.0. The lowest BCUT2D eigenvalue weighted by atomic mass is 10.1. The van der Waals surface area contributed by atoms with Crippen LogP contribution >= 0.6 is 0 Å². The van der Waals surface area contributed by atoms with E-state index in [1.54, 1.807) is 12.1 Å². The zero-order valence-corrected chi connectivity index (χ0v) is 14.3. The van der Waals surface area contributed by atoms with Crippen LogP contribution in [0, 0.1) is 0 Å². The Morgan fingerprint density at radius 1 is 1.26 bits per heavy atom. The largest absolute Gasteiger partial charge is 0.451 e. The molecular formula is C17H18N4O6. The molecule has 1 aromatic carbocycles. The minimum Gasteiger partial charge on any atom is -0.451 e. The summed E-state index contributed by atoms with van der Waals surface area (Å²) >= 11 is 0. The van der Waals surface area contributed by atoms with Crippen molar-refractivity contribution < 1.29 is 24.2 Å². The van der Waals surface area contributed by atoms with Crippen LogP contribution in [0.3, 0.4) is 0 Å². The molecular weight excluding hydrogens is 356 g/mol. The number of benzene rings is 1. The maximum Gasteiger partial charge on any atom is 0.359 e. The standard InChI is InChI=1S/C17H18N4O6/c1-2-7-18-17(26)19-13(23)10-27-16(25)14-11-5-3-4-6-12(11)15(24)21(20-14)8-9-22/h2-6,22H,1,7-10H2,(H2,18,19,23,26). The molecule has 27 heavy (non-hydrogen) atoms. The van der Waals surface area contributed by atoms with Gasteiger partial charge in [0.15, 0.2) is 12.3 Å². The lowest BCUT2D eigenvalue weighted by molar-refractivity contribution is -0.123. The normalized spacial score (nSPS) is 10.3. The van der Waals surface area contributed by atoms with Crippen molar-refractivity contribution in [2.24, 2.45) is 0 Å². The predicted molar refractivity (Wildman–Crippen MR) is 95.1 cm³/mol. The number of hydrogen-bond acceptors (Lipinski definition) is 7. The van der Waals surface area contributed by atoms with Crippen molar-refractivity contribution in [1.82, 2.24) is 20.4 Å². The van der Waals surface area contributed by atoms with Crippen LogP contribution in [0.1, 0.15) is 10.5 Å². The van der Waals surface area contributed by atoms with Crippen molar-refractivity contribution in [3.63, 3.8) is 0 Å². The van der Waals surface area contributed by atoms with Gasteiger partial charge in [-0.25, -0.2) is 14.3 Å². The van der Waals surface area contributed by atoms with Crippen LogP contribution in [0.4, 0.5) is 4.79 Å². The van der Waals surface area contributed by atoms with Crippen LogP contribution in [-0.2, 0) is 16.1 Å². The SMILES string of the molecule is C=CCNC(=O)NC(=O)COC(=O)c1nn(CCO)c(=O)c2ccccc12. The summed E-state index contributed by atoms with van der Waals surface area (Å²) < 4.78 is 5.83. The number of carbonyl (C=O) groups is 3. The minimum atomic E-state index is -0.945. The number of fused-ring (bicyclic) bond motifs is 1. The number of carbonyl (C=O) groups excluding carboxylic acids is 3. The van der Waals surface area contributed by atoms with E-state index in [2.05, 4.69) is 17.0 Å². The summed E-state index contributed by atoms with van der Waals surface area (Å²) in [6.45, 7) is 2.42. The molecule has 10 nitrogen and oxygen atoms in total. The Kier molecular flexibility index (Phi) is 6.78. The number of hydrogen-bond donors (Lipinski definition) is 3. The van der Waals surface area contributed by atoms with Crippen molar-refractivity contribution in [3.05, 3.63) is 53.0 Å². The summed E-state index contributed by atoms with van der Waals surface area (Å²) in [5.74, 6) is -1.78. The Morgan fingerprint density at radius 3 is 2.63 bits per heavy atom. The van der Waals surface area contributed by atoms with E-state index in [1.807, 2.05) is 5.32 Å². The maximum absolute atomic E-state index is 12.3. The zero-order valence-electron chi connectivity index (χ0n) is 14.3. The van der Waals surface area contributed by atoms with Gasteiger partial charge in [-0.15, -0.1) is 6.58 Å². The van der Waals surface area contributed by atoms with E-state index in [9.17, 15) is 19.2 Å².